The minimum absolute atomic E-state index is 0.127. The number of carbonyl (C=O) groups is 2. The number of carboxylic acid groups (broad SMARTS) is 1. The molecule has 1 heterocycles. The number of benzene rings is 1. The molecule has 2 aromatic rings. The van der Waals surface area contributed by atoms with Gasteiger partial charge in [-0.1, -0.05) is 0 Å². The number of rotatable bonds is 5. The maximum atomic E-state index is 10.8. The third kappa shape index (κ3) is 2.50. The summed E-state index contributed by atoms with van der Waals surface area (Å²) < 4.78 is 0. The van der Waals surface area contributed by atoms with E-state index in [4.69, 9.17) is 5.11 Å². The molecule has 17 heavy (non-hydrogen) atoms. The number of hydrogen-bond donors (Lipinski definition) is 2. The van der Waals surface area contributed by atoms with Gasteiger partial charge < -0.3 is 10.1 Å². The smallest absolute Gasteiger partial charge is 0.304 e. The largest absolute Gasteiger partial charge is 0.481 e. The van der Waals surface area contributed by atoms with Crippen LogP contribution in [0.25, 0.3) is 10.9 Å². The molecule has 2 rings (SSSR count). The van der Waals surface area contributed by atoms with E-state index in [1.165, 1.54) is 11.8 Å². The lowest BCUT2D eigenvalue weighted by Crippen LogP contribution is -1.96. The third-order valence-electron chi connectivity index (χ3n) is 2.42. The van der Waals surface area contributed by atoms with Crippen LogP contribution in [0.5, 0.6) is 0 Å². The highest BCUT2D eigenvalue weighted by Gasteiger charge is 2.07. The second kappa shape index (κ2) is 5.05. The molecule has 0 bridgehead atoms. The molecule has 0 spiro atoms. The van der Waals surface area contributed by atoms with Crippen LogP contribution in [0.4, 0.5) is 0 Å². The number of aromatic nitrogens is 1. The fourth-order valence-electron chi connectivity index (χ4n) is 1.62. The number of fused-ring (bicyclic) bond motifs is 1. The first kappa shape index (κ1) is 11.7. The molecule has 0 aliphatic heterocycles. The third-order valence-corrected chi connectivity index (χ3v) is 3.48. The summed E-state index contributed by atoms with van der Waals surface area (Å²) in [6.45, 7) is 0. The van der Waals surface area contributed by atoms with Crippen molar-refractivity contribution in [3.8, 4) is 0 Å². The first-order valence-electron chi connectivity index (χ1n) is 5.12. The van der Waals surface area contributed by atoms with Gasteiger partial charge >= 0.3 is 5.97 Å². The number of hydrogen-bond acceptors (Lipinski definition) is 3. The monoisotopic (exact) mass is 249 g/mol. The molecule has 1 aromatic heterocycles. The Morgan fingerprint density at radius 2 is 2.24 bits per heavy atom. The summed E-state index contributed by atoms with van der Waals surface area (Å²) in [5.41, 5.74) is 1.54. The van der Waals surface area contributed by atoms with Gasteiger partial charge in [0.15, 0.2) is 6.29 Å². The average molecular weight is 249 g/mol. The Morgan fingerprint density at radius 1 is 1.41 bits per heavy atom. The second-order valence-corrected chi connectivity index (χ2v) is 4.67. The van der Waals surface area contributed by atoms with E-state index >= 15 is 0 Å². The van der Waals surface area contributed by atoms with Crippen molar-refractivity contribution in [3.63, 3.8) is 0 Å². The van der Waals surface area contributed by atoms with Gasteiger partial charge in [-0.05, 0) is 18.2 Å². The molecular formula is C12H11NO3S. The predicted molar refractivity (Wildman–Crippen MR) is 66.7 cm³/mol. The molecule has 0 unspecified atom stereocenters. The highest BCUT2D eigenvalue weighted by Crippen LogP contribution is 2.29. The maximum Gasteiger partial charge on any atom is 0.304 e. The normalized spacial score (nSPS) is 10.6. The van der Waals surface area contributed by atoms with Gasteiger partial charge in [0, 0.05) is 27.8 Å². The topological polar surface area (TPSA) is 70.2 Å². The van der Waals surface area contributed by atoms with Crippen molar-refractivity contribution in [1.82, 2.24) is 4.98 Å². The number of aliphatic carboxylic acids is 1. The van der Waals surface area contributed by atoms with Crippen LogP contribution in [0.2, 0.25) is 0 Å². The van der Waals surface area contributed by atoms with Crippen molar-refractivity contribution in [1.29, 1.82) is 0 Å². The number of aromatic amines is 1. The molecule has 0 fully saturated rings. The number of nitrogens with one attached hydrogen (secondary N) is 1. The first-order chi connectivity index (χ1) is 8.22. The molecule has 0 aliphatic rings. The molecule has 5 heteroatoms. The second-order valence-electron chi connectivity index (χ2n) is 3.53. The molecular weight excluding hydrogens is 238 g/mol. The summed E-state index contributed by atoms with van der Waals surface area (Å²) in [6.07, 6.45) is 2.73. The summed E-state index contributed by atoms with van der Waals surface area (Å²) in [4.78, 5) is 25.3. The van der Waals surface area contributed by atoms with Crippen molar-refractivity contribution in [2.45, 2.75) is 11.3 Å². The highest BCUT2D eigenvalue weighted by molar-refractivity contribution is 7.99. The molecule has 0 saturated carbocycles. The van der Waals surface area contributed by atoms with Crippen LogP contribution in [-0.4, -0.2) is 28.1 Å². The van der Waals surface area contributed by atoms with Gasteiger partial charge in [0.05, 0.1) is 11.9 Å². The molecule has 0 atom stereocenters. The highest BCUT2D eigenvalue weighted by atomic mass is 32.2. The lowest BCUT2D eigenvalue weighted by atomic mass is 10.1. The van der Waals surface area contributed by atoms with Gasteiger partial charge in [0.25, 0.3) is 0 Å². The molecule has 88 valence electrons. The molecule has 0 aliphatic carbocycles. The molecule has 2 N–H and O–H groups in total. The van der Waals surface area contributed by atoms with Gasteiger partial charge in [-0.25, -0.2) is 0 Å². The van der Waals surface area contributed by atoms with E-state index in [1.54, 1.807) is 12.3 Å². The van der Waals surface area contributed by atoms with Crippen molar-refractivity contribution < 1.29 is 14.7 Å². The maximum absolute atomic E-state index is 10.8. The summed E-state index contributed by atoms with van der Waals surface area (Å²) in [5, 5.41) is 9.45. The van der Waals surface area contributed by atoms with Crippen LogP contribution >= 0.6 is 11.8 Å². The Hall–Kier alpha value is -1.75. The minimum Gasteiger partial charge on any atom is -0.481 e. The van der Waals surface area contributed by atoms with E-state index < -0.39 is 5.97 Å². The van der Waals surface area contributed by atoms with E-state index in [9.17, 15) is 9.59 Å². The van der Waals surface area contributed by atoms with E-state index in [-0.39, 0.29) is 6.42 Å². The number of carboxylic acids is 1. The zero-order chi connectivity index (χ0) is 12.3. The van der Waals surface area contributed by atoms with Crippen LogP contribution in [-0.2, 0) is 4.79 Å². The Kier molecular flexibility index (Phi) is 3.49. The Labute approximate surface area is 102 Å². The molecule has 4 nitrogen and oxygen atoms in total. The van der Waals surface area contributed by atoms with Crippen LogP contribution < -0.4 is 0 Å². The molecule has 0 saturated heterocycles. The average Bonchev–Trinajstić information content (AvgIpc) is 2.78. The molecule has 1 aromatic carbocycles. The minimum atomic E-state index is -0.801. The van der Waals surface area contributed by atoms with E-state index in [2.05, 4.69) is 4.98 Å². The lowest BCUT2D eigenvalue weighted by molar-refractivity contribution is -0.136. The van der Waals surface area contributed by atoms with Crippen LogP contribution in [0.3, 0.4) is 0 Å². The van der Waals surface area contributed by atoms with Gasteiger partial charge in [-0.15, -0.1) is 11.8 Å². The predicted octanol–water partition coefficient (Wildman–Crippen LogP) is 2.55. The van der Waals surface area contributed by atoms with E-state index in [1.807, 2.05) is 12.1 Å². The van der Waals surface area contributed by atoms with Crippen LogP contribution in [0.15, 0.2) is 29.3 Å². The summed E-state index contributed by atoms with van der Waals surface area (Å²) in [5.74, 6) is -0.283. The summed E-state index contributed by atoms with van der Waals surface area (Å²) >= 11 is 1.47. The van der Waals surface area contributed by atoms with Crippen LogP contribution in [0.1, 0.15) is 16.8 Å². The molecule has 0 amide bonds. The van der Waals surface area contributed by atoms with Gasteiger partial charge in [-0.3, -0.25) is 9.59 Å². The number of carbonyl (C=O) groups excluding carboxylic acids is 1. The lowest BCUT2D eigenvalue weighted by Gasteiger charge is -2.03. The fourth-order valence-corrected chi connectivity index (χ4v) is 2.60. The Bertz CT molecular complexity index is 562. The van der Waals surface area contributed by atoms with Crippen molar-refractivity contribution in [3.05, 3.63) is 30.0 Å². The van der Waals surface area contributed by atoms with E-state index in [0.717, 1.165) is 22.1 Å². The Morgan fingerprint density at radius 3 is 2.94 bits per heavy atom. The number of H-pyrrole nitrogens is 1. The van der Waals surface area contributed by atoms with Gasteiger partial charge in [0.1, 0.15) is 0 Å². The SMILES string of the molecule is O=Cc1ccc(SCCC(=O)O)c2[nH]ccc12. The summed E-state index contributed by atoms with van der Waals surface area (Å²) in [6, 6.07) is 5.45. The van der Waals surface area contributed by atoms with Gasteiger partial charge in [-0.2, -0.15) is 0 Å². The fraction of sp³-hybridized carbons (Fsp3) is 0.167. The van der Waals surface area contributed by atoms with Crippen molar-refractivity contribution >= 4 is 34.9 Å². The number of aldehydes is 1. The zero-order valence-electron chi connectivity index (χ0n) is 8.97. The van der Waals surface area contributed by atoms with Crippen molar-refractivity contribution in [2.24, 2.45) is 0 Å². The summed E-state index contributed by atoms with van der Waals surface area (Å²) in [7, 11) is 0. The zero-order valence-corrected chi connectivity index (χ0v) is 9.79. The Balaban J connectivity index is 2.26. The quantitative estimate of drug-likeness (QED) is 0.631. The van der Waals surface area contributed by atoms with Crippen LogP contribution in [0, 0.1) is 0 Å². The van der Waals surface area contributed by atoms with Gasteiger partial charge in [0.2, 0.25) is 0 Å². The first-order valence-corrected chi connectivity index (χ1v) is 6.11. The number of thioether (sulfide) groups is 1. The van der Waals surface area contributed by atoms with E-state index in [0.29, 0.717) is 11.3 Å². The van der Waals surface area contributed by atoms with Crippen molar-refractivity contribution in [2.75, 3.05) is 5.75 Å². The standard InChI is InChI=1S/C12H11NO3S/c14-7-8-1-2-10(17-6-4-11(15)16)12-9(8)3-5-13-12/h1-3,5,7,13H,4,6H2,(H,15,16). The molecule has 0 radical (unpaired) electrons.